The van der Waals surface area contributed by atoms with Gasteiger partial charge >= 0.3 is 0 Å². The lowest BCUT2D eigenvalue weighted by molar-refractivity contribution is 0.0471. The van der Waals surface area contributed by atoms with Crippen molar-refractivity contribution in [2.75, 3.05) is 0 Å². The van der Waals surface area contributed by atoms with Crippen molar-refractivity contribution in [1.82, 2.24) is 0 Å². The van der Waals surface area contributed by atoms with Crippen LogP contribution in [0.5, 0.6) is 0 Å². The van der Waals surface area contributed by atoms with E-state index in [1.807, 2.05) is 18.2 Å². The van der Waals surface area contributed by atoms with Gasteiger partial charge in [-0.2, -0.15) is 0 Å². The number of ether oxygens (including phenoxy) is 1. The third kappa shape index (κ3) is 3.98. The maximum absolute atomic E-state index is 6.16. The van der Waals surface area contributed by atoms with Crippen LogP contribution >= 0.6 is 11.6 Å². The molecule has 2 rings (SSSR count). The van der Waals surface area contributed by atoms with Crippen LogP contribution in [0.2, 0.25) is 5.02 Å². The fraction of sp³-hybridized carbons (Fsp3) is 0.571. The highest BCUT2D eigenvalue weighted by molar-refractivity contribution is 6.30. The molecule has 3 unspecified atom stereocenters. The maximum atomic E-state index is 6.16. The van der Waals surface area contributed by atoms with Crippen molar-refractivity contribution >= 4 is 11.6 Å². The highest BCUT2D eigenvalue weighted by Crippen LogP contribution is 2.23. The van der Waals surface area contributed by atoms with Crippen LogP contribution in [0, 0.1) is 0 Å². The Morgan fingerprint density at radius 1 is 1.47 bits per heavy atom. The minimum atomic E-state index is 0.156. The first-order valence-corrected chi connectivity index (χ1v) is 6.67. The van der Waals surface area contributed by atoms with E-state index >= 15 is 0 Å². The zero-order valence-electron chi connectivity index (χ0n) is 10.2. The van der Waals surface area contributed by atoms with E-state index in [9.17, 15) is 0 Å². The zero-order valence-corrected chi connectivity index (χ0v) is 11.0. The molecule has 0 saturated carbocycles. The summed E-state index contributed by atoms with van der Waals surface area (Å²) in [5.74, 6) is 0. The van der Waals surface area contributed by atoms with Crippen molar-refractivity contribution in [2.24, 2.45) is 5.73 Å². The van der Waals surface area contributed by atoms with Crippen molar-refractivity contribution in [3.63, 3.8) is 0 Å². The summed E-state index contributed by atoms with van der Waals surface area (Å²) >= 11 is 5.95. The molecule has 2 N–H and O–H groups in total. The van der Waals surface area contributed by atoms with Gasteiger partial charge in [0.2, 0.25) is 0 Å². The molecule has 0 bridgehead atoms. The first kappa shape index (κ1) is 12.9. The second-order valence-corrected chi connectivity index (χ2v) is 5.41. The number of benzene rings is 1. The first-order chi connectivity index (χ1) is 8.13. The van der Waals surface area contributed by atoms with Crippen LogP contribution in [-0.4, -0.2) is 18.2 Å². The molecular weight excluding hydrogens is 234 g/mol. The Morgan fingerprint density at radius 2 is 2.29 bits per heavy atom. The molecule has 0 aliphatic carbocycles. The predicted molar refractivity (Wildman–Crippen MR) is 71.3 cm³/mol. The fourth-order valence-corrected chi connectivity index (χ4v) is 2.66. The largest absolute Gasteiger partial charge is 0.375 e. The Bertz CT molecular complexity index is 369. The quantitative estimate of drug-likeness (QED) is 0.895. The summed E-state index contributed by atoms with van der Waals surface area (Å²) in [4.78, 5) is 0. The third-order valence-electron chi connectivity index (χ3n) is 3.27. The Morgan fingerprint density at radius 3 is 2.94 bits per heavy atom. The molecule has 1 saturated heterocycles. The van der Waals surface area contributed by atoms with Gasteiger partial charge < -0.3 is 10.5 Å². The average molecular weight is 254 g/mol. The molecule has 0 spiro atoms. The molecule has 0 radical (unpaired) electrons. The molecule has 94 valence electrons. The topological polar surface area (TPSA) is 35.2 Å². The molecule has 1 heterocycles. The van der Waals surface area contributed by atoms with Gasteiger partial charge in [-0.15, -0.1) is 0 Å². The van der Waals surface area contributed by atoms with E-state index in [-0.39, 0.29) is 6.04 Å². The van der Waals surface area contributed by atoms with Crippen LogP contribution in [0.15, 0.2) is 24.3 Å². The van der Waals surface area contributed by atoms with E-state index in [0.29, 0.717) is 12.2 Å². The second-order valence-electron chi connectivity index (χ2n) is 4.98. The van der Waals surface area contributed by atoms with E-state index < -0.39 is 0 Å². The van der Waals surface area contributed by atoms with Gasteiger partial charge in [0, 0.05) is 11.1 Å². The SMILES string of the molecule is CC1CCC(CC(N)Cc2cccc(Cl)c2)O1. The van der Waals surface area contributed by atoms with Crippen LogP contribution in [0.25, 0.3) is 0 Å². The Balaban J connectivity index is 1.83. The average Bonchev–Trinajstić information content (AvgIpc) is 2.63. The maximum Gasteiger partial charge on any atom is 0.0594 e. The van der Waals surface area contributed by atoms with Crippen LogP contribution in [0.4, 0.5) is 0 Å². The van der Waals surface area contributed by atoms with Gasteiger partial charge in [-0.05, 0) is 50.3 Å². The molecule has 1 aliphatic rings. The molecular formula is C14H20ClNO. The van der Waals surface area contributed by atoms with E-state index in [0.717, 1.165) is 30.7 Å². The van der Waals surface area contributed by atoms with Gasteiger partial charge in [-0.1, -0.05) is 23.7 Å². The molecule has 1 fully saturated rings. The van der Waals surface area contributed by atoms with Crippen molar-refractivity contribution < 1.29 is 4.74 Å². The molecule has 3 heteroatoms. The summed E-state index contributed by atoms with van der Waals surface area (Å²) in [5.41, 5.74) is 7.36. The van der Waals surface area contributed by atoms with Crippen molar-refractivity contribution in [2.45, 2.75) is 50.9 Å². The summed E-state index contributed by atoms with van der Waals surface area (Å²) in [6.07, 6.45) is 4.86. The molecule has 0 amide bonds. The molecule has 17 heavy (non-hydrogen) atoms. The summed E-state index contributed by atoms with van der Waals surface area (Å²) in [6.45, 7) is 2.13. The minimum absolute atomic E-state index is 0.156. The van der Waals surface area contributed by atoms with Crippen LogP contribution in [0.1, 0.15) is 31.7 Å². The van der Waals surface area contributed by atoms with Gasteiger partial charge in [0.05, 0.1) is 12.2 Å². The monoisotopic (exact) mass is 253 g/mol. The van der Waals surface area contributed by atoms with Crippen molar-refractivity contribution in [1.29, 1.82) is 0 Å². The standard InChI is InChI=1S/C14H20ClNO/c1-10-5-6-14(17-10)9-13(16)8-11-3-2-4-12(15)7-11/h2-4,7,10,13-14H,5-6,8-9,16H2,1H3. The van der Waals surface area contributed by atoms with Gasteiger partial charge in [-0.3, -0.25) is 0 Å². The summed E-state index contributed by atoms with van der Waals surface area (Å²) in [5, 5.41) is 0.778. The van der Waals surface area contributed by atoms with Gasteiger partial charge in [0.25, 0.3) is 0 Å². The normalized spacial score (nSPS) is 26.1. The van der Waals surface area contributed by atoms with E-state index in [1.165, 1.54) is 5.56 Å². The number of rotatable bonds is 4. The summed E-state index contributed by atoms with van der Waals surface area (Å²) in [7, 11) is 0. The summed E-state index contributed by atoms with van der Waals surface area (Å²) < 4.78 is 5.79. The Hall–Kier alpha value is -0.570. The minimum Gasteiger partial charge on any atom is -0.375 e. The lowest BCUT2D eigenvalue weighted by atomic mass is 10.00. The van der Waals surface area contributed by atoms with E-state index in [1.54, 1.807) is 0 Å². The van der Waals surface area contributed by atoms with Crippen molar-refractivity contribution in [3.8, 4) is 0 Å². The molecule has 1 aliphatic heterocycles. The Labute approximate surface area is 108 Å². The number of nitrogens with two attached hydrogens (primary N) is 1. The summed E-state index contributed by atoms with van der Waals surface area (Å²) in [6, 6.07) is 8.07. The van der Waals surface area contributed by atoms with E-state index in [2.05, 4.69) is 13.0 Å². The smallest absolute Gasteiger partial charge is 0.0594 e. The molecule has 1 aromatic rings. The zero-order chi connectivity index (χ0) is 12.3. The highest BCUT2D eigenvalue weighted by Gasteiger charge is 2.23. The van der Waals surface area contributed by atoms with Gasteiger partial charge in [0.15, 0.2) is 0 Å². The Kier molecular flexibility index (Phi) is 4.43. The van der Waals surface area contributed by atoms with Crippen molar-refractivity contribution in [3.05, 3.63) is 34.9 Å². The molecule has 1 aromatic carbocycles. The molecule has 3 atom stereocenters. The van der Waals surface area contributed by atoms with Gasteiger partial charge in [-0.25, -0.2) is 0 Å². The predicted octanol–water partition coefficient (Wildman–Crippen LogP) is 3.17. The number of hydrogen-bond acceptors (Lipinski definition) is 2. The van der Waals surface area contributed by atoms with Gasteiger partial charge in [0.1, 0.15) is 0 Å². The van der Waals surface area contributed by atoms with E-state index in [4.69, 9.17) is 22.1 Å². The highest BCUT2D eigenvalue weighted by atomic mass is 35.5. The van der Waals surface area contributed by atoms with Crippen LogP contribution in [0.3, 0.4) is 0 Å². The lowest BCUT2D eigenvalue weighted by Crippen LogP contribution is -2.28. The van der Waals surface area contributed by atoms with Crippen LogP contribution < -0.4 is 5.73 Å². The molecule has 0 aromatic heterocycles. The second kappa shape index (κ2) is 5.85. The van der Waals surface area contributed by atoms with Crippen LogP contribution in [-0.2, 0) is 11.2 Å². The number of hydrogen-bond donors (Lipinski definition) is 1. The fourth-order valence-electron chi connectivity index (χ4n) is 2.45. The molecule has 2 nitrogen and oxygen atoms in total. The third-order valence-corrected chi connectivity index (χ3v) is 3.51. The first-order valence-electron chi connectivity index (χ1n) is 6.29. The number of halogens is 1. The lowest BCUT2D eigenvalue weighted by Gasteiger charge is -2.17.